The Morgan fingerprint density at radius 1 is 0.400 bits per heavy atom. The van der Waals surface area contributed by atoms with E-state index < -0.39 is 0 Å². The van der Waals surface area contributed by atoms with Gasteiger partial charge in [-0.1, -0.05) is 0 Å². The molecule has 0 nitrogen and oxygen atoms in total. The van der Waals surface area contributed by atoms with E-state index in [2.05, 4.69) is 0 Å². The van der Waals surface area contributed by atoms with Crippen LogP contribution in [0.3, 0.4) is 0 Å². The molecule has 0 amide bonds. The summed E-state index contributed by atoms with van der Waals surface area (Å²) in [7, 11) is 0. The largest absolute Gasteiger partial charge is 3.00 e. The van der Waals surface area contributed by atoms with Crippen LogP contribution in [0.25, 0.3) is 0 Å². The van der Waals surface area contributed by atoms with Gasteiger partial charge in [0.1, 0.15) is 0 Å². The Morgan fingerprint density at radius 2 is 0.400 bits per heavy atom. The molecule has 0 fully saturated rings. The molecule has 10 heavy (non-hydrogen) atoms. The van der Waals surface area contributed by atoms with Crippen LogP contribution in [0, 0.1) is 77.7 Å². The summed E-state index contributed by atoms with van der Waals surface area (Å²) in [4.78, 5) is 0. The Kier molecular flexibility index (Phi) is 4420. The fourth-order valence-corrected chi connectivity index (χ4v) is 0. The molecule has 0 unspecified atom stereocenters. The minimum atomic E-state index is 0. The van der Waals surface area contributed by atoms with Crippen LogP contribution in [0.1, 0.15) is 0 Å². The molecule has 0 saturated heterocycles. The second kappa shape index (κ2) is 184. The monoisotopic (exact) mass is 457 g/mol. The quantitative estimate of drug-likeness (QED) is 0.250. The molecule has 0 spiro atoms. The molecule has 0 saturated carbocycles. The average Bonchev–Trinajstić information content (AvgIpc) is 0. The summed E-state index contributed by atoms with van der Waals surface area (Å²) in [6.07, 6.45) is 0. The Morgan fingerprint density at radius 3 is 0.400 bits per heavy atom. The van der Waals surface area contributed by atoms with Gasteiger partial charge in [-0.15, -0.1) is 0 Å². The van der Waals surface area contributed by atoms with Crippen LogP contribution in [0.5, 0.6) is 0 Å². The maximum Gasteiger partial charge on any atom is 3.00 e. The van der Waals surface area contributed by atoms with Crippen LogP contribution in [0.15, 0.2) is 0 Å². The van der Waals surface area contributed by atoms with Crippen molar-refractivity contribution in [2.75, 3.05) is 0 Å². The third-order valence-electron chi connectivity index (χ3n) is 0. The Balaban J connectivity index is 0. The first kappa shape index (κ1) is 239. The van der Waals surface area contributed by atoms with Crippen LogP contribution in [0.2, 0.25) is 0 Å². The standard InChI is InChI=1S/7FH.Li.Lu.Nd/h7*1H;;;/q;;;;;;;+1;2*+3/p-7. The first-order valence-corrected chi connectivity index (χ1v) is 0. The molecule has 0 heterocycles. The first-order chi connectivity index (χ1) is 0. The zero-order chi connectivity index (χ0) is 0. The van der Waals surface area contributed by atoms with Crippen LogP contribution in [0.4, 0.5) is 0 Å². The second-order valence-corrected chi connectivity index (χ2v) is 0. The molecular formula is F7LiLuNd. The second-order valence-electron chi connectivity index (χ2n) is 0. The van der Waals surface area contributed by atoms with Gasteiger partial charge in [0.2, 0.25) is 0 Å². The van der Waals surface area contributed by atoms with Crippen molar-refractivity contribution in [3.63, 3.8) is 0 Å². The summed E-state index contributed by atoms with van der Waals surface area (Å²) in [6, 6.07) is 0. The molecule has 0 atom stereocenters. The van der Waals surface area contributed by atoms with Crippen molar-refractivity contribution in [2.24, 2.45) is 0 Å². The van der Waals surface area contributed by atoms with E-state index in [-0.39, 0.29) is 130 Å². The Bertz CT molecular complexity index is 13.6. The van der Waals surface area contributed by atoms with Crippen molar-refractivity contribution in [3.05, 3.63) is 0 Å². The average molecular weight is 459 g/mol. The maximum absolute atomic E-state index is 0. The van der Waals surface area contributed by atoms with Crippen molar-refractivity contribution in [3.8, 4) is 0 Å². The van der Waals surface area contributed by atoms with Gasteiger partial charge in [-0.3, -0.25) is 0 Å². The molecule has 10 heteroatoms. The molecule has 0 aromatic carbocycles. The minimum absolute atomic E-state index is 0. The number of hydrogen-bond donors (Lipinski definition) is 0. The topological polar surface area (TPSA) is 0 Å². The van der Waals surface area contributed by atoms with Crippen molar-refractivity contribution >= 4 is 0 Å². The van der Waals surface area contributed by atoms with E-state index >= 15 is 0 Å². The van der Waals surface area contributed by atoms with Crippen LogP contribution in [-0.4, -0.2) is 0 Å². The number of rotatable bonds is 0. The van der Waals surface area contributed by atoms with E-state index in [1.165, 1.54) is 0 Å². The van der Waals surface area contributed by atoms with Crippen LogP contribution in [-0.2, 0) is 0 Å². The fraction of sp³-hybridized carbons (Fsp3) is 0. The summed E-state index contributed by atoms with van der Waals surface area (Å²) in [5.41, 5.74) is 0. The van der Waals surface area contributed by atoms with E-state index in [0.29, 0.717) is 0 Å². The first-order valence-electron chi connectivity index (χ1n) is 0. The van der Waals surface area contributed by atoms with Gasteiger partial charge in [0.15, 0.2) is 0 Å². The molecule has 0 aliphatic carbocycles. The normalized spacial score (nSPS) is 0. The maximum atomic E-state index is 0. The van der Waals surface area contributed by atoms with E-state index in [9.17, 15) is 0 Å². The smallest absolute Gasteiger partial charge is 1.00 e. The van der Waals surface area contributed by atoms with Gasteiger partial charge < -0.3 is 32.9 Å². The third kappa shape index (κ3) is 139. The van der Waals surface area contributed by atoms with Crippen molar-refractivity contribution < 1.29 is 130 Å². The molecule has 1 radical (unpaired) electrons. The van der Waals surface area contributed by atoms with Crippen LogP contribution >= 0.6 is 0 Å². The molecule has 0 aliphatic rings. The summed E-state index contributed by atoms with van der Waals surface area (Å²) in [6.45, 7) is 0. The Hall–Kier alpha value is 2.69. The predicted molar refractivity (Wildman–Crippen MR) is 0 cm³/mol. The number of hydrogen-bond acceptors (Lipinski definition) is 0. The minimum Gasteiger partial charge on any atom is -1.00 e. The van der Waals surface area contributed by atoms with Gasteiger partial charge in [0.05, 0.1) is 0 Å². The van der Waals surface area contributed by atoms with E-state index in [1.807, 2.05) is 0 Å². The molecule has 0 aromatic heterocycles. The van der Waals surface area contributed by atoms with E-state index in [1.54, 1.807) is 0 Å². The van der Waals surface area contributed by atoms with Crippen molar-refractivity contribution in [1.29, 1.82) is 0 Å². The molecule has 0 aliphatic heterocycles. The van der Waals surface area contributed by atoms with E-state index in [0.717, 1.165) is 0 Å². The van der Waals surface area contributed by atoms with Crippen molar-refractivity contribution in [1.82, 2.24) is 0 Å². The zero-order valence-electron chi connectivity index (χ0n) is 4.40. The van der Waals surface area contributed by atoms with Crippen LogP contribution < -0.4 is 51.8 Å². The Labute approximate surface area is 127 Å². The van der Waals surface area contributed by atoms with Gasteiger partial charge >= 0.3 is 96.6 Å². The predicted octanol–water partition coefficient (Wildman–Crippen LogP) is -24.0. The summed E-state index contributed by atoms with van der Waals surface area (Å²) in [5, 5.41) is 0. The van der Waals surface area contributed by atoms with E-state index in [4.69, 9.17) is 0 Å². The van der Waals surface area contributed by atoms with Gasteiger partial charge in [0.25, 0.3) is 0 Å². The molecule has 0 N–H and O–H groups in total. The fourth-order valence-electron chi connectivity index (χ4n) is 0. The molecule has 0 rings (SSSR count). The summed E-state index contributed by atoms with van der Waals surface area (Å²) < 4.78 is 0. The van der Waals surface area contributed by atoms with Gasteiger partial charge in [-0.25, -0.2) is 0 Å². The van der Waals surface area contributed by atoms with Gasteiger partial charge in [0, 0.05) is 0 Å². The molecule has 69 valence electrons. The van der Waals surface area contributed by atoms with Gasteiger partial charge in [-0.2, -0.15) is 0 Å². The molecule has 0 bridgehead atoms. The van der Waals surface area contributed by atoms with Crippen molar-refractivity contribution in [2.45, 2.75) is 0 Å². The number of halogens is 7. The SMILES string of the molecule is [F-].[F-].[F-].[F-].[F-].[F-].[F-].[Li+].[Lu+3].[Nd+3]. The molecule has 0 aromatic rings. The third-order valence-corrected chi connectivity index (χ3v) is 0. The summed E-state index contributed by atoms with van der Waals surface area (Å²) >= 11 is 0. The zero-order valence-corrected chi connectivity index (χ0v) is 9.27. The molecular weight excluding hydrogens is 459 g/mol. The summed E-state index contributed by atoms with van der Waals surface area (Å²) in [5.74, 6) is 0. The van der Waals surface area contributed by atoms with Gasteiger partial charge in [-0.05, 0) is 0 Å².